The van der Waals surface area contributed by atoms with E-state index < -0.39 is 0 Å². The number of anilines is 1. The van der Waals surface area contributed by atoms with Crippen LogP contribution in [-0.2, 0) is 4.74 Å². The first-order chi connectivity index (χ1) is 6.90. The third kappa shape index (κ3) is 1.96. The molecule has 0 atom stereocenters. The average Bonchev–Trinajstić information content (AvgIpc) is 2.30. The zero-order valence-corrected chi connectivity index (χ0v) is 8.27. The summed E-state index contributed by atoms with van der Waals surface area (Å²) in [5.74, 6) is 1.79. The lowest BCUT2D eigenvalue weighted by Gasteiger charge is -2.27. The molecule has 14 heavy (non-hydrogen) atoms. The molecule has 0 radical (unpaired) electrons. The van der Waals surface area contributed by atoms with Crippen molar-refractivity contribution in [2.24, 2.45) is 0 Å². The summed E-state index contributed by atoms with van der Waals surface area (Å²) in [5.41, 5.74) is 0. The van der Waals surface area contributed by atoms with E-state index in [9.17, 15) is 0 Å². The fourth-order valence-electron chi connectivity index (χ4n) is 1.47. The third-order valence-electron chi connectivity index (χ3n) is 2.29. The van der Waals surface area contributed by atoms with Crippen molar-refractivity contribution in [2.45, 2.75) is 0 Å². The fraction of sp³-hybridized carbons (Fsp3) is 0.500. The molecule has 0 spiro atoms. The van der Waals surface area contributed by atoms with Crippen LogP contribution < -0.4 is 9.64 Å². The largest absolute Gasteiger partial charge is 0.495 e. The van der Waals surface area contributed by atoms with Crippen molar-refractivity contribution >= 4 is 5.82 Å². The molecule has 1 aromatic heterocycles. The summed E-state index contributed by atoms with van der Waals surface area (Å²) in [6.45, 7) is 3.40. The van der Waals surface area contributed by atoms with Gasteiger partial charge in [0.2, 0.25) is 0 Å². The van der Waals surface area contributed by atoms with Crippen LogP contribution in [0.15, 0.2) is 18.3 Å². The molecule has 0 amide bonds. The summed E-state index contributed by atoms with van der Waals surface area (Å²) in [4.78, 5) is 6.53. The molecule has 76 valence electrons. The van der Waals surface area contributed by atoms with Gasteiger partial charge in [0.05, 0.1) is 26.5 Å². The molecule has 1 fully saturated rings. The van der Waals surface area contributed by atoms with Crippen LogP contribution >= 0.6 is 0 Å². The molecule has 0 unspecified atom stereocenters. The first-order valence-corrected chi connectivity index (χ1v) is 4.73. The first-order valence-electron chi connectivity index (χ1n) is 4.73. The second-order valence-corrected chi connectivity index (χ2v) is 3.16. The van der Waals surface area contributed by atoms with Crippen LogP contribution in [0.3, 0.4) is 0 Å². The first kappa shape index (κ1) is 9.27. The molecule has 2 heterocycles. The van der Waals surface area contributed by atoms with Gasteiger partial charge in [-0.1, -0.05) is 0 Å². The predicted molar refractivity (Wildman–Crippen MR) is 53.8 cm³/mol. The van der Waals surface area contributed by atoms with Gasteiger partial charge in [0.1, 0.15) is 11.6 Å². The topological polar surface area (TPSA) is 34.6 Å². The quantitative estimate of drug-likeness (QED) is 0.701. The smallest absolute Gasteiger partial charge is 0.137 e. The zero-order valence-electron chi connectivity index (χ0n) is 8.27. The number of morpholine rings is 1. The number of aromatic nitrogens is 1. The van der Waals surface area contributed by atoms with E-state index in [1.807, 2.05) is 12.1 Å². The fourth-order valence-corrected chi connectivity index (χ4v) is 1.47. The van der Waals surface area contributed by atoms with Crippen LogP contribution in [0.2, 0.25) is 0 Å². The van der Waals surface area contributed by atoms with Crippen molar-refractivity contribution in [3.63, 3.8) is 0 Å². The molecule has 1 aliphatic rings. The van der Waals surface area contributed by atoms with Crippen molar-refractivity contribution in [3.05, 3.63) is 18.3 Å². The van der Waals surface area contributed by atoms with Gasteiger partial charge in [-0.05, 0) is 12.1 Å². The lowest BCUT2D eigenvalue weighted by atomic mass is 10.3. The summed E-state index contributed by atoms with van der Waals surface area (Å²) in [6.07, 6.45) is 1.74. The summed E-state index contributed by atoms with van der Waals surface area (Å²) < 4.78 is 10.3. The minimum Gasteiger partial charge on any atom is -0.495 e. The Balaban J connectivity index is 2.07. The zero-order chi connectivity index (χ0) is 9.80. The summed E-state index contributed by atoms with van der Waals surface area (Å²) in [5, 5.41) is 0. The lowest BCUT2D eigenvalue weighted by molar-refractivity contribution is 0.122. The molecular formula is C10H14N2O2. The number of nitrogens with zero attached hydrogens (tertiary/aromatic N) is 2. The molecule has 1 aromatic rings. The molecular weight excluding hydrogens is 180 g/mol. The van der Waals surface area contributed by atoms with Gasteiger partial charge in [-0.3, -0.25) is 0 Å². The second kappa shape index (κ2) is 4.28. The van der Waals surface area contributed by atoms with E-state index in [0.717, 1.165) is 37.9 Å². The van der Waals surface area contributed by atoms with E-state index in [-0.39, 0.29) is 0 Å². The molecule has 4 heteroatoms. The van der Waals surface area contributed by atoms with Crippen LogP contribution in [0.5, 0.6) is 5.75 Å². The van der Waals surface area contributed by atoms with Crippen molar-refractivity contribution in [1.29, 1.82) is 0 Å². The Bertz CT molecular complexity index is 281. The molecule has 0 bridgehead atoms. The molecule has 4 nitrogen and oxygen atoms in total. The maximum Gasteiger partial charge on any atom is 0.137 e. The van der Waals surface area contributed by atoms with Crippen LogP contribution in [0.25, 0.3) is 0 Å². The highest BCUT2D eigenvalue weighted by atomic mass is 16.5. The van der Waals surface area contributed by atoms with E-state index in [2.05, 4.69) is 9.88 Å². The number of hydrogen-bond acceptors (Lipinski definition) is 4. The van der Waals surface area contributed by atoms with E-state index in [4.69, 9.17) is 9.47 Å². The summed E-state index contributed by atoms with van der Waals surface area (Å²) >= 11 is 0. The Hall–Kier alpha value is -1.29. The minimum absolute atomic E-state index is 0.785. The number of ether oxygens (including phenoxy) is 2. The summed E-state index contributed by atoms with van der Waals surface area (Å²) in [7, 11) is 1.64. The van der Waals surface area contributed by atoms with E-state index in [1.54, 1.807) is 13.3 Å². The van der Waals surface area contributed by atoms with Gasteiger partial charge in [-0.2, -0.15) is 0 Å². The summed E-state index contributed by atoms with van der Waals surface area (Å²) in [6, 6.07) is 3.90. The minimum atomic E-state index is 0.785. The van der Waals surface area contributed by atoms with Crippen molar-refractivity contribution < 1.29 is 9.47 Å². The predicted octanol–water partition coefficient (Wildman–Crippen LogP) is 0.927. The number of pyridine rings is 1. The Morgan fingerprint density at radius 2 is 2.14 bits per heavy atom. The molecule has 2 rings (SSSR count). The third-order valence-corrected chi connectivity index (χ3v) is 2.29. The Morgan fingerprint density at radius 3 is 2.71 bits per heavy atom. The molecule has 0 saturated carbocycles. The van der Waals surface area contributed by atoms with Gasteiger partial charge in [-0.15, -0.1) is 0 Å². The Morgan fingerprint density at radius 1 is 1.36 bits per heavy atom. The van der Waals surface area contributed by atoms with E-state index in [1.165, 1.54) is 0 Å². The highest BCUT2D eigenvalue weighted by Gasteiger charge is 2.11. The van der Waals surface area contributed by atoms with Crippen molar-refractivity contribution in [3.8, 4) is 5.75 Å². The van der Waals surface area contributed by atoms with Gasteiger partial charge in [-0.25, -0.2) is 4.98 Å². The van der Waals surface area contributed by atoms with Crippen LogP contribution in [-0.4, -0.2) is 38.4 Å². The molecule has 0 aromatic carbocycles. The molecule has 1 aliphatic heterocycles. The van der Waals surface area contributed by atoms with Gasteiger partial charge >= 0.3 is 0 Å². The Kier molecular flexibility index (Phi) is 2.84. The van der Waals surface area contributed by atoms with Gasteiger partial charge in [0.15, 0.2) is 0 Å². The van der Waals surface area contributed by atoms with Gasteiger partial charge in [0.25, 0.3) is 0 Å². The average molecular weight is 194 g/mol. The molecule has 0 aliphatic carbocycles. The van der Waals surface area contributed by atoms with Gasteiger partial charge in [0, 0.05) is 13.1 Å². The highest BCUT2D eigenvalue weighted by Crippen LogP contribution is 2.16. The lowest BCUT2D eigenvalue weighted by Crippen LogP contribution is -2.36. The monoisotopic (exact) mass is 194 g/mol. The standard InChI is InChI=1S/C10H14N2O2/c1-13-9-2-3-10(11-8-9)12-4-6-14-7-5-12/h2-3,8H,4-7H2,1H3. The number of hydrogen-bond donors (Lipinski definition) is 0. The van der Waals surface area contributed by atoms with E-state index >= 15 is 0 Å². The van der Waals surface area contributed by atoms with Crippen LogP contribution in [0, 0.1) is 0 Å². The number of methoxy groups -OCH3 is 1. The highest BCUT2D eigenvalue weighted by molar-refractivity contribution is 5.41. The maximum absolute atomic E-state index is 5.27. The Labute approximate surface area is 83.5 Å². The second-order valence-electron chi connectivity index (χ2n) is 3.16. The van der Waals surface area contributed by atoms with Gasteiger partial charge < -0.3 is 14.4 Å². The normalized spacial score (nSPS) is 16.8. The maximum atomic E-state index is 5.27. The van der Waals surface area contributed by atoms with Crippen molar-refractivity contribution in [1.82, 2.24) is 4.98 Å². The van der Waals surface area contributed by atoms with Crippen LogP contribution in [0.4, 0.5) is 5.82 Å². The SMILES string of the molecule is COc1ccc(N2CCOCC2)nc1. The molecule has 0 N–H and O–H groups in total. The molecule has 1 saturated heterocycles. The number of rotatable bonds is 2. The van der Waals surface area contributed by atoms with Crippen LogP contribution in [0.1, 0.15) is 0 Å². The van der Waals surface area contributed by atoms with Crippen molar-refractivity contribution in [2.75, 3.05) is 38.3 Å². The van der Waals surface area contributed by atoms with E-state index in [0.29, 0.717) is 0 Å².